The van der Waals surface area contributed by atoms with Crippen LogP contribution < -0.4 is 0 Å². The normalized spacial score (nSPS) is 28.0. The van der Waals surface area contributed by atoms with Gasteiger partial charge in [-0.05, 0) is 102 Å². The summed E-state index contributed by atoms with van der Waals surface area (Å²) in [5.41, 5.74) is -0.132. The van der Waals surface area contributed by atoms with Crippen LogP contribution in [0.4, 0.5) is 0 Å². The zero-order valence-electron chi connectivity index (χ0n) is 24.0. The molecule has 3 aliphatic rings. The lowest BCUT2D eigenvalue weighted by molar-refractivity contribution is -0.202. The van der Waals surface area contributed by atoms with E-state index in [0.717, 1.165) is 70.2 Å². The Labute approximate surface area is 230 Å². The Hall–Kier alpha value is -1.41. The third-order valence-electron chi connectivity index (χ3n) is 7.86. The zero-order valence-corrected chi connectivity index (χ0v) is 24.0. The van der Waals surface area contributed by atoms with E-state index in [0.29, 0.717) is 37.9 Å². The fourth-order valence-corrected chi connectivity index (χ4v) is 5.57. The summed E-state index contributed by atoms with van der Waals surface area (Å²) in [7, 11) is 0. The minimum Gasteiger partial charge on any atom is -0.479 e. The van der Waals surface area contributed by atoms with Crippen molar-refractivity contribution in [1.82, 2.24) is 0 Å². The number of carbonyl (C=O) groups is 1. The van der Waals surface area contributed by atoms with Gasteiger partial charge < -0.3 is 28.8 Å². The van der Waals surface area contributed by atoms with Gasteiger partial charge in [-0.2, -0.15) is 0 Å². The molecule has 0 radical (unpaired) electrons. The molecule has 0 aromatic carbocycles. The van der Waals surface area contributed by atoms with E-state index in [1.807, 2.05) is 0 Å². The minimum absolute atomic E-state index is 0.132. The number of carboxylic acids is 1. The van der Waals surface area contributed by atoms with Gasteiger partial charge in [0.1, 0.15) is 0 Å². The van der Waals surface area contributed by atoms with Crippen LogP contribution >= 0.6 is 0 Å². The van der Waals surface area contributed by atoms with E-state index in [-0.39, 0.29) is 11.9 Å². The van der Waals surface area contributed by atoms with Gasteiger partial charge in [0.25, 0.3) is 0 Å². The monoisotopic (exact) mass is 536 g/mol. The maximum Gasteiger partial charge on any atom is 0.332 e. The molecule has 0 aromatic rings. The molecule has 3 unspecified atom stereocenters. The van der Waals surface area contributed by atoms with E-state index < -0.39 is 18.4 Å². The van der Waals surface area contributed by atoms with Crippen LogP contribution in [0, 0.1) is 11.8 Å². The van der Waals surface area contributed by atoms with Crippen LogP contribution in [-0.2, 0) is 28.5 Å². The number of rotatable bonds is 16. The molecule has 3 rings (SSSR count). The predicted molar refractivity (Wildman–Crippen MR) is 148 cm³/mol. The Morgan fingerprint density at radius 3 is 2.42 bits per heavy atom. The van der Waals surface area contributed by atoms with Gasteiger partial charge in [-0.15, -0.1) is 0 Å². The molecule has 1 aliphatic carbocycles. The lowest BCUT2D eigenvalue weighted by Crippen LogP contribution is -2.33. The minimum atomic E-state index is -0.945. The van der Waals surface area contributed by atoms with Gasteiger partial charge in [0.2, 0.25) is 0 Å². The maximum absolute atomic E-state index is 11.9. The number of hydrogen-bond donors (Lipinski definition) is 1. The molecule has 38 heavy (non-hydrogen) atoms. The maximum atomic E-state index is 11.9. The second kappa shape index (κ2) is 16.6. The van der Waals surface area contributed by atoms with E-state index in [1.165, 1.54) is 19.3 Å². The molecule has 1 N–H and O–H groups in total. The van der Waals surface area contributed by atoms with Crippen molar-refractivity contribution in [2.24, 2.45) is 11.8 Å². The summed E-state index contributed by atoms with van der Waals surface area (Å²) < 4.78 is 29.6. The van der Waals surface area contributed by atoms with Crippen LogP contribution in [0.3, 0.4) is 0 Å². The van der Waals surface area contributed by atoms with Crippen molar-refractivity contribution in [3.05, 3.63) is 24.0 Å². The molecule has 2 heterocycles. The molecule has 5 atom stereocenters. The highest BCUT2D eigenvalue weighted by Gasteiger charge is 2.28. The summed E-state index contributed by atoms with van der Waals surface area (Å²) in [4.78, 5) is 11.9. The summed E-state index contributed by atoms with van der Waals surface area (Å²) in [6.45, 7) is 8.60. The van der Waals surface area contributed by atoms with Gasteiger partial charge in [0.05, 0.1) is 18.0 Å². The molecular formula is C31H52O7. The lowest BCUT2D eigenvalue weighted by Gasteiger charge is -2.27. The first-order valence-electron chi connectivity index (χ1n) is 15.1. The Balaban J connectivity index is 1.58. The van der Waals surface area contributed by atoms with E-state index in [9.17, 15) is 9.90 Å². The average Bonchev–Trinajstić information content (AvgIpc) is 3.36. The summed E-state index contributed by atoms with van der Waals surface area (Å²) >= 11 is 0. The van der Waals surface area contributed by atoms with Crippen molar-refractivity contribution in [3.63, 3.8) is 0 Å². The highest BCUT2D eigenvalue weighted by atomic mass is 16.7. The summed E-state index contributed by atoms with van der Waals surface area (Å²) in [5.74, 6) is 1.01. The lowest BCUT2D eigenvalue weighted by atomic mass is 9.91. The van der Waals surface area contributed by atoms with Crippen LogP contribution in [-0.4, -0.2) is 55.2 Å². The fraction of sp³-hybridized carbons (Fsp3) is 0.839. The topological polar surface area (TPSA) is 83.5 Å². The Kier molecular flexibility index (Phi) is 13.6. The van der Waals surface area contributed by atoms with Crippen molar-refractivity contribution >= 4 is 5.97 Å². The van der Waals surface area contributed by atoms with Crippen molar-refractivity contribution in [2.45, 2.75) is 135 Å². The second-order valence-electron chi connectivity index (χ2n) is 11.7. The molecule has 218 valence electrons. The van der Waals surface area contributed by atoms with Crippen molar-refractivity contribution < 1.29 is 33.6 Å². The number of aliphatic carboxylic acids is 1. The molecule has 0 aromatic heterocycles. The highest BCUT2D eigenvalue weighted by molar-refractivity contribution is 5.72. The quantitative estimate of drug-likeness (QED) is 0.166. The smallest absolute Gasteiger partial charge is 0.332 e. The molecular weight excluding hydrogens is 484 g/mol. The predicted octanol–water partition coefficient (Wildman–Crippen LogP) is 7.15. The molecule has 0 bridgehead atoms. The van der Waals surface area contributed by atoms with Crippen molar-refractivity contribution in [3.8, 4) is 0 Å². The van der Waals surface area contributed by atoms with Crippen molar-refractivity contribution in [2.75, 3.05) is 19.8 Å². The fourth-order valence-electron chi connectivity index (χ4n) is 5.57. The molecule has 1 saturated carbocycles. The van der Waals surface area contributed by atoms with E-state index >= 15 is 0 Å². The van der Waals surface area contributed by atoms with Gasteiger partial charge in [0, 0.05) is 26.1 Å². The van der Waals surface area contributed by atoms with Crippen LogP contribution in [0.2, 0.25) is 0 Å². The van der Waals surface area contributed by atoms with Gasteiger partial charge >= 0.3 is 5.97 Å². The van der Waals surface area contributed by atoms with Crippen LogP contribution in [0.1, 0.15) is 111 Å². The van der Waals surface area contributed by atoms with Gasteiger partial charge in [-0.25, -0.2) is 4.79 Å². The molecule has 3 fully saturated rings. The largest absolute Gasteiger partial charge is 0.479 e. The molecule has 0 amide bonds. The van der Waals surface area contributed by atoms with Gasteiger partial charge in [0.15, 0.2) is 18.7 Å². The highest BCUT2D eigenvalue weighted by Crippen LogP contribution is 2.36. The van der Waals surface area contributed by atoms with E-state index in [1.54, 1.807) is 0 Å². The Morgan fingerprint density at radius 2 is 1.76 bits per heavy atom. The number of hydrogen-bond acceptors (Lipinski definition) is 6. The second-order valence-corrected chi connectivity index (χ2v) is 11.7. The third-order valence-corrected chi connectivity index (χ3v) is 7.86. The first-order valence-corrected chi connectivity index (χ1v) is 15.1. The first-order chi connectivity index (χ1) is 18.4. The van der Waals surface area contributed by atoms with Crippen LogP contribution in [0.5, 0.6) is 0 Å². The molecule has 7 heteroatoms. The Bertz CT molecular complexity index is 735. The zero-order chi connectivity index (χ0) is 27.2. The summed E-state index contributed by atoms with van der Waals surface area (Å²) in [5, 5.41) is 9.78. The van der Waals surface area contributed by atoms with Crippen LogP contribution in [0.15, 0.2) is 24.0 Å². The van der Waals surface area contributed by atoms with Crippen molar-refractivity contribution in [1.29, 1.82) is 0 Å². The van der Waals surface area contributed by atoms with Gasteiger partial charge in [-0.3, -0.25) is 0 Å². The molecule has 2 aliphatic heterocycles. The Morgan fingerprint density at radius 1 is 1.03 bits per heavy atom. The van der Waals surface area contributed by atoms with E-state index in [4.69, 9.17) is 23.7 Å². The number of ether oxygens (including phenoxy) is 5. The third kappa shape index (κ3) is 11.4. The van der Waals surface area contributed by atoms with Crippen LogP contribution in [0.25, 0.3) is 0 Å². The summed E-state index contributed by atoms with van der Waals surface area (Å²) in [6.07, 6.45) is 18.5. The SMILES string of the molecule is CCCOC(C)(C)C/C=C/[C@H]1CCC[C@@H]1C/C=C(\CCC(OC1CCCCO1)C(=O)O)OC1CCCCO1. The molecule has 2 saturated heterocycles. The van der Waals surface area contributed by atoms with Gasteiger partial charge in [-0.1, -0.05) is 25.5 Å². The number of carboxylic acid groups (broad SMARTS) is 1. The number of allylic oxidation sites excluding steroid dienone is 3. The standard InChI is InChI=1S/C31H52O7/c1-4-21-36-31(2,3)20-10-13-24-11-9-12-25(24)16-17-26(37-28-14-5-7-22-34-28)18-19-27(30(32)33)38-29-15-6-8-23-35-29/h10,13,17,24-25,27-29H,4-9,11-12,14-16,18-23H2,1-3H3,(H,32,33)/b13-10+,26-17+/t24-,25-,27?,28?,29?/m1/s1. The molecule has 0 spiro atoms. The first kappa shape index (κ1) is 31.1. The summed E-state index contributed by atoms with van der Waals surface area (Å²) in [6, 6.07) is 0. The van der Waals surface area contributed by atoms with E-state index in [2.05, 4.69) is 39.0 Å². The average molecular weight is 537 g/mol. The molecule has 7 nitrogen and oxygen atoms in total.